The predicted molar refractivity (Wildman–Crippen MR) is 161 cm³/mol. The maximum atomic E-state index is 10.0. The van der Waals surface area contributed by atoms with E-state index in [1.54, 1.807) is 36.4 Å². The minimum absolute atomic E-state index is 0.469. The van der Waals surface area contributed by atoms with E-state index < -0.39 is 0 Å². The molecule has 2 aromatic carbocycles. The van der Waals surface area contributed by atoms with E-state index in [4.69, 9.17) is 19.2 Å². The van der Waals surface area contributed by atoms with Crippen LogP contribution in [0.15, 0.2) is 65.0 Å². The number of nitriles is 1. The SMILES string of the molecule is COc1cccc(-c2c(-c3ccnc(Nc4cccc(OCCCN5CCOCC5)c4)n3)sc(SC)c2C#N)c1. The Labute approximate surface area is 242 Å². The van der Waals surface area contributed by atoms with Gasteiger partial charge >= 0.3 is 0 Å². The molecule has 1 aliphatic rings. The quantitative estimate of drug-likeness (QED) is 0.163. The number of nitrogens with one attached hydrogen (secondary N) is 1. The van der Waals surface area contributed by atoms with Gasteiger partial charge in [0.2, 0.25) is 5.95 Å². The van der Waals surface area contributed by atoms with Gasteiger partial charge in [-0.3, -0.25) is 4.90 Å². The van der Waals surface area contributed by atoms with Crippen molar-refractivity contribution < 1.29 is 14.2 Å². The molecular weight excluding hydrogens is 542 g/mol. The lowest BCUT2D eigenvalue weighted by atomic mass is 10.0. The summed E-state index contributed by atoms with van der Waals surface area (Å²) in [6.45, 7) is 5.25. The second kappa shape index (κ2) is 13.6. The van der Waals surface area contributed by atoms with Crippen LogP contribution >= 0.6 is 23.1 Å². The lowest BCUT2D eigenvalue weighted by Gasteiger charge is -2.26. The van der Waals surface area contributed by atoms with Gasteiger partial charge in [0.1, 0.15) is 17.6 Å². The van der Waals surface area contributed by atoms with Crippen molar-refractivity contribution in [3.63, 3.8) is 0 Å². The normalized spacial score (nSPS) is 13.5. The first kappa shape index (κ1) is 27.9. The second-order valence-electron chi connectivity index (χ2n) is 9.09. The van der Waals surface area contributed by atoms with E-state index in [2.05, 4.69) is 21.3 Å². The smallest absolute Gasteiger partial charge is 0.227 e. The van der Waals surface area contributed by atoms with E-state index in [-0.39, 0.29) is 0 Å². The molecule has 0 radical (unpaired) electrons. The zero-order chi connectivity index (χ0) is 27.7. The third-order valence-corrected chi connectivity index (χ3v) is 8.83. The summed E-state index contributed by atoms with van der Waals surface area (Å²) in [5.41, 5.74) is 3.99. The molecule has 1 fully saturated rings. The first-order chi connectivity index (χ1) is 19.7. The summed E-state index contributed by atoms with van der Waals surface area (Å²) in [7, 11) is 1.64. The van der Waals surface area contributed by atoms with Gasteiger partial charge in [-0.15, -0.1) is 23.1 Å². The summed E-state index contributed by atoms with van der Waals surface area (Å²) in [5, 5.41) is 13.4. The molecule has 0 aliphatic carbocycles. The molecule has 1 saturated heterocycles. The van der Waals surface area contributed by atoms with Crippen molar-refractivity contribution >= 4 is 34.7 Å². The Morgan fingerprint density at radius 1 is 1.12 bits per heavy atom. The Morgan fingerprint density at radius 2 is 1.95 bits per heavy atom. The fraction of sp³-hybridized carbons (Fsp3) is 0.300. The molecule has 1 N–H and O–H groups in total. The topological polar surface area (TPSA) is 92.5 Å². The minimum atomic E-state index is 0.469. The fourth-order valence-electron chi connectivity index (χ4n) is 4.53. The molecule has 0 spiro atoms. The Kier molecular flexibility index (Phi) is 9.52. The average molecular weight is 574 g/mol. The molecule has 0 amide bonds. The standard InChI is InChI=1S/C30H31N5O3S2/c1-36-23-8-3-6-21(18-23)27-25(20-31)29(39-2)40-28(27)26-10-11-32-30(34-26)33-22-7-4-9-24(19-22)38-15-5-12-35-13-16-37-17-14-35/h3-4,6-11,18-19H,5,12-17H2,1-2H3,(H,32,33,34). The molecule has 8 nitrogen and oxygen atoms in total. The molecule has 40 heavy (non-hydrogen) atoms. The molecule has 1 aliphatic heterocycles. The lowest BCUT2D eigenvalue weighted by molar-refractivity contribution is 0.0358. The van der Waals surface area contributed by atoms with Crippen molar-refractivity contribution in [3.05, 3.63) is 66.4 Å². The van der Waals surface area contributed by atoms with E-state index in [0.717, 1.165) is 82.4 Å². The summed E-state index contributed by atoms with van der Waals surface area (Å²) in [6, 6.07) is 19.9. The van der Waals surface area contributed by atoms with Gasteiger partial charge in [0.05, 0.1) is 47.3 Å². The molecule has 0 unspecified atom stereocenters. The molecule has 0 atom stereocenters. The van der Waals surface area contributed by atoms with E-state index in [9.17, 15) is 5.26 Å². The van der Waals surface area contributed by atoms with Crippen LogP contribution in [0.2, 0.25) is 0 Å². The molecule has 5 rings (SSSR count). The van der Waals surface area contributed by atoms with E-state index in [0.29, 0.717) is 18.1 Å². The zero-order valence-corrected chi connectivity index (χ0v) is 24.2. The maximum Gasteiger partial charge on any atom is 0.227 e. The molecular formula is C30H31N5O3S2. The van der Waals surface area contributed by atoms with E-state index in [1.807, 2.05) is 60.9 Å². The van der Waals surface area contributed by atoms with E-state index in [1.165, 1.54) is 0 Å². The van der Waals surface area contributed by atoms with Crippen LogP contribution in [-0.4, -0.2) is 67.7 Å². The number of ether oxygens (including phenoxy) is 3. The molecule has 0 bridgehead atoms. The highest BCUT2D eigenvalue weighted by Crippen LogP contribution is 2.46. The van der Waals surface area contributed by atoms with E-state index >= 15 is 0 Å². The van der Waals surface area contributed by atoms with Crippen LogP contribution in [0, 0.1) is 11.3 Å². The van der Waals surface area contributed by atoms with Crippen molar-refractivity contribution in [1.82, 2.24) is 14.9 Å². The van der Waals surface area contributed by atoms with Gasteiger partial charge in [-0.25, -0.2) is 9.97 Å². The largest absolute Gasteiger partial charge is 0.497 e. The van der Waals surface area contributed by atoms with Crippen LogP contribution in [0.25, 0.3) is 21.7 Å². The number of aromatic nitrogens is 2. The monoisotopic (exact) mass is 573 g/mol. The number of morpholine rings is 1. The van der Waals surface area contributed by atoms with Crippen molar-refractivity contribution in [2.45, 2.75) is 10.6 Å². The Bertz CT molecular complexity index is 1480. The van der Waals surface area contributed by atoms with Crippen molar-refractivity contribution in [3.8, 4) is 39.3 Å². The number of hydrogen-bond acceptors (Lipinski definition) is 10. The van der Waals surface area contributed by atoms with Crippen molar-refractivity contribution in [2.24, 2.45) is 0 Å². The number of hydrogen-bond donors (Lipinski definition) is 1. The van der Waals surface area contributed by atoms with Crippen LogP contribution in [0.1, 0.15) is 12.0 Å². The fourth-order valence-corrected chi connectivity index (χ4v) is 6.44. The third kappa shape index (κ3) is 6.74. The van der Waals surface area contributed by atoms with Gasteiger partial charge in [0, 0.05) is 43.1 Å². The molecule has 10 heteroatoms. The van der Waals surface area contributed by atoms with Crippen LogP contribution < -0.4 is 14.8 Å². The predicted octanol–water partition coefficient (Wildman–Crippen LogP) is 6.32. The van der Waals surface area contributed by atoms with Crippen LogP contribution in [0.3, 0.4) is 0 Å². The van der Waals surface area contributed by atoms with Gasteiger partial charge in [0.15, 0.2) is 0 Å². The Hall–Kier alpha value is -3.62. The highest BCUT2D eigenvalue weighted by molar-refractivity contribution is 8.00. The number of benzene rings is 2. The first-order valence-corrected chi connectivity index (χ1v) is 15.1. The maximum absolute atomic E-state index is 10.0. The second-order valence-corrected chi connectivity index (χ2v) is 11.2. The zero-order valence-electron chi connectivity index (χ0n) is 22.6. The summed E-state index contributed by atoms with van der Waals surface area (Å²) in [4.78, 5) is 12.6. The number of thiophene rings is 1. The number of anilines is 2. The summed E-state index contributed by atoms with van der Waals surface area (Å²) >= 11 is 3.12. The summed E-state index contributed by atoms with van der Waals surface area (Å²) in [6.07, 6.45) is 4.68. The minimum Gasteiger partial charge on any atom is -0.497 e. The van der Waals surface area contributed by atoms with Crippen LogP contribution in [-0.2, 0) is 4.74 Å². The molecule has 206 valence electrons. The molecule has 2 aromatic heterocycles. The van der Waals surface area contributed by atoms with Crippen LogP contribution in [0.5, 0.6) is 11.5 Å². The molecule has 3 heterocycles. The van der Waals surface area contributed by atoms with Crippen molar-refractivity contribution in [2.75, 3.05) is 58.1 Å². The van der Waals surface area contributed by atoms with Gasteiger partial charge in [-0.05, 0) is 48.6 Å². The average Bonchev–Trinajstić information content (AvgIpc) is 3.39. The van der Waals surface area contributed by atoms with Gasteiger partial charge in [-0.1, -0.05) is 18.2 Å². The third-order valence-electron chi connectivity index (χ3n) is 6.50. The van der Waals surface area contributed by atoms with Gasteiger partial charge < -0.3 is 19.5 Å². The summed E-state index contributed by atoms with van der Waals surface area (Å²) in [5.74, 6) is 2.00. The van der Waals surface area contributed by atoms with Gasteiger partial charge in [0.25, 0.3) is 0 Å². The van der Waals surface area contributed by atoms with Gasteiger partial charge in [-0.2, -0.15) is 5.26 Å². The summed E-state index contributed by atoms with van der Waals surface area (Å²) < 4.78 is 17.8. The molecule has 4 aromatic rings. The molecule has 0 saturated carbocycles. The number of thioether (sulfide) groups is 1. The number of rotatable bonds is 11. The number of nitrogens with zero attached hydrogens (tertiary/aromatic N) is 4. The Morgan fingerprint density at radius 3 is 2.75 bits per heavy atom. The lowest BCUT2D eigenvalue weighted by Crippen LogP contribution is -2.37. The highest BCUT2D eigenvalue weighted by Gasteiger charge is 2.22. The Balaban J connectivity index is 1.33. The van der Waals surface area contributed by atoms with Crippen molar-refractivity contribution in [1.29, 1.82) is 5.26 Å². The number of methoxy groups -OCH3 is 1. The van der Waals surface area contributed by atoms with Crippen LogP contribution in [0.4, 0.5) is 11.6 Å². The highest BCUT2D eigenvalue weighted by atomic mass is 32.2. The first-order valence-electron chi connectivity index (χ1n) is 13.1.